The Balaban J connectivity index is 2.43. The maximum absolute atomic E-state index is 12.9. The normalized spacial score (nSPS) is 11.4. The molecule has 106 valence electrons. The highest BCUT2D eigenvalue weighted by atomic mass is 79.9. The van der Waals surface area contributed by atoms with E-state index in [2.05, 4.69) is 20.9 Å². The van der Waals surface area contributed by atoms with Gasteiger partial charge in [-0.1, -0.05) is 0 Å². The average Bonchev–Trinajstić information content (AvgIpc) is 2.33. The maximum atomic E-state index is 12.9. The van der Waals surface area contributed by atoms with Crippen LogP contribution in [0.15, 0.2) is 34.9 Å². The minimum atomic E-state index is -4.55. The van der Waals surface area contributed by atoms with Gasteiger partial charge >= 0.3 is 6.18 Å². The molecule has 0 saturated heterocycles. The summed E-state index contributed by atoms with van der Waals surface area (Å²) in [5.74, 6) is -0.283. The fourth-order valence-corrected chi connectivity index (χ4v) is 2.10. The predicted molar refractivity (Wildman–Crippen MR) is 72.6 cm³/mol. The summed E-state index contributed by atoms with van der Waals surface area (Å²) in [4.78, 5) is 3.95. The van der Waals surface area contributed by atoms with Gasteiger partial charge in [-0.15, -0.1) is 0 Å². The molecule has 0 bridgehead atoms. The number of benzene rings is 1. The van der Waals surface area contributed by atoms with E-state index in [1.807, 2.05) is 6.92 Å². The first-order chi connectivity index (χ1) is 9.27. The summed E-state index contributed by atoms with van der Waals surface area (Å²) >= 11 is 3.20. The van der Waals surface area contributed by atoms with Gasteiger partial charge in [-0.25, -0.2) is 4.98 Å². The topological polar surface area (TPSA) is 48.1 Å². The van der Waals surface area contributed by atoms with E-state index in [4.69, 9.17) is 10.5 Å². The van der Waals surface area contributed by atoms with Crippen LogP contribution in [0.1, 0.15) is 11.1 Å². The van der Waals surface area contributed by atoms with Crippen molar-refractivity contribution in [3.05, 3.63) is 46.1 Å². The van der Waals surface area contributed by atoms with Gasteiger partial charge < -0.3 is 10.5 Å². The number of nitrogen functional groups attached to an aromatic ring is 1. The molecule has 1 heterocycles. The lowest BCUT2D eigenvalue weighted by Crippen LogP contribution is -2.08. The van der Waals surface area contributed by atoms with E-state index < -0.39 is 11.7 Å². The number of aryl methyl sites for hydroxylation is 1. The van der Waals surface area contributed by atoms with Crippen LogP contribution < -0.4 is 10.5 Å². The van der Waals surface area contributed by atoms with E-state index in [1.54, 1.807) is 6.07 Å². The molecule has 2 aromatic rings. The number of pyridine rings is 1. The number of hydrogen-bond donors (Lipinski definition) is 1. The molecule has 0 spiro atoms. The Bertz CT molecular complexity index is 644. The first-order valence-corrected chi connectivity index (χ1v) is 6.33. The molecule has 1 aromatic heterocycles. The molecule has 0 fully saturated rings. The van der Waals surface area contributed by atoms with Gasteiger partial charge in [0.2, 0.25) is 5.88 Å². The number of alkyl halides is 3. The Morgan fingerprint density at radius 3 is 2.55 bits per heavy atom. The van der Waals surface area contributed by atoms with Crippen molar-refractivity contribution in [2.75, 3.05) is 5.73 Å². The van der Waals surface area contributed by atoms with E-state index in [1.165, 1.54) is 18.3 Å². The first kappa shape index (κ1) is 14.6. The van der Waals surface area contributed by atoms with Crippen molar-refractivity contribution in [1.29, 1.82) is 0 Å². The van der Waals surface area contributed by atoms with Crippen molar-refractivity contribution in [3.8, 4) is 11.6 Å². The number of ether oxygens (including phenoxy) is 1. The minimum Gasteiger partial charge on any atom is -0.437 e. The fraction of sp³-hybridized carbons (Fsp3) is 0.154. The van der Waals surface area contributed by atoms with Crippen molar-refractivity contribution in [1.82, 2.24) is 4.98 Å². The number of aromatic nitrogens is 1. The Hall–Kier alpha value is -1.76. The van der Waals surface area contributed by atoms with Gasteiger partial charge in [0.1, 0.15) is 11.3 Å². The van der Waals surface area contributed by atoms with Gasteiger partial charge in [-0.2, -0.15) is 13.2 Å². The second kappa shape index (κ2) is 5.32. The van der Waals surface area contributed by atoms with Gasteiger partial charge in [-0.05, 0) is 52.7 Å². The molecule has 7 heteroatoms. The van der Waals surface area contributed by atoms with Crippen molar-refractivity contribution < 1.29 is 17.9 Å². The Morgan fingerprint density at radius 1 is 1.25 bits per heavy atom. The summed E-state index contributed by atoms with van der Waals surface area (Å²) in [7, 11) is 0. The quantitative estimate of drug-likeness (QED) is 0.811. The predicted octanol–water partition coefficient (Wildman–Crippen LogP) is 4.55. The molecule has 0 aliphatic heterocycles. The second-order valence-electron chi connectivity index (χ2n) is 4.16. The lowest BCUT2D eigenvalue weighted by Gasteiger charge is -2.14. The third-order valence-corrected chi connectivity index (χ3v) is 3.03. The van der Waals surface area contributed by atoms with Gasteiger partial charge in [0.05, 0.1) is 4.47 Å². The molecule has 0 unspecified atom stereocenters. The summed E-state index contributed by atoms with van der Waals surface area (Å²) < 4.78 is 44.5. The highest BCUT2D eigenvalue weighted by Gasteiger charge is 2.35. The third kappa shape index (κ3) is 3.22. The van der Waals surface area contributed by atoms with Gasteiger partial charge in [0.15, 0.2) is 0 Å². The standard InChI is InChI=1S/C13H10BrF3N2O/c1-7-4-10(14)12(19-6-7)20-11-3-2-8(18)5-9(11)13(15,16)17/h2-6H,18H2,1H3. The van der Waals surface area contributed by atoms with Crippen molar-refractivity contribution >= 4 is 21.6 Å². The molecule has 2 N–H and O–H groups in total. The summed E-state index contributed by atoms with van der Waals surface area (Å²) in [5.41, 5.74) is 5.32. The molecule has 0 atom stereocenters. The second-order valence-corrected chi connectivity index (χ2v) is 5.01. The highest BCUT2D eigenvalue weighted by molar-refractivity contribution is 9.10. The average molecular weight is 347 g/mol. The van der Waals surface area contributed by atoms with Crippen LogP contribution in [0.25, 0.3) is 0 Å². The van der Waals surface area contributed by atoms with E-state index in [9.17, 15) is 13.2 Å². The SMILES string of the molecule is Cc1cnc(Oc2ccc(N)cc2C(F)(F)F)c(Br)c1. The molecule has 2 rings (SSSR count). The smallest absolute Gasteiger partial charge is 0.420 e. The molecule has 20 heavy (non-hydrogen) atoms. The van der Waals surface area contributed by atoms with Crippen LogP contribution in [-0.4, -0.2) is 4.98 Å². The molecular weight excluding hydrogens is 337 g/mol. The summed E-state index contributed by atoms with van der Waals surface area (Å²) in [6.45, 7) is 1.81. The van der Waals surface area contributed by atoms with Gasteiger partial charge in [0.25, 0.3) is 0 Å². The van der Waals surface area contributed by atoms with Crippen LogP contribution in [-0.2, 0) is 6.18 Å². The number of hydrogen-bond acceptors (Lipinski definition) is 3. The minimum absolute atomic E-state index is 0.0144. The largest absolute Gasteiger partial charge is 0.437 e. The van der Waals surface area contributed by atoms with Crippen molar-refractivity contribution in [2.24, 2.45) is 0 Å². The van der Waals surface area contributed by atoms with E-state index in [0.717, 1.165) is 11.6 Å². The van der Waals surface area contributed by atoms with Gasteiger partial charge in [-0.3, -0.25) is 0 Å². The molecule has 0 aliphatic rings. The number of nitrogens with two attached hydrogens (primary N) is 1. The fourth-order valence-electron chi connectivity index (χ4n) is 1.56. The van der Waals surface area contributed by atoms with Crippen LogP contribution in [0.4, 0.5) is 18.9 Å². The molecule has 3 nitrogen and oxygen atoms in total. The number of nitrogens with zero attached hydrogens (tertiary/aromatic N) is 1. The Kier molecular flexibility index (Phi) is 3.89. The number of rotatable bonds is 2. The summed E-state index contributed by atoms with van der Waals surface area (Å²) in [6, 6.07) is 5.04. The van der Waals surface area contributed by atoms with Crippen LogP contribution >= 0.6 is 15.9 Å². The Morgan fingerprint density at radius 2 is 1.95 bits per heavy atom. The molecule has 0 saturated carbocycles. The lowest BCUT2D eigenvalue weighted by molar-refractivity contribution is -0.138. The lowest BCUT2D eigenvalue weighted by atomic mass is 10.1. The van der Waals surface area contributed by atoms with E-state index in [-0.39, 0.29) is 17.3 Å². The summed E-state index contributed by atoms with van der Waals surface area (Å²) in [6.07, 6.45) is -3.05. The summed E-state index contributed by atoms with van der Waals surface area (Å²) in [5, 5.41) is 0. The highest BCUT2D eigenvalue weighted by Crippen LogP contribution is 2.40. The van der Waals surface area contributed by atoms with E-state index in [0.29, 0.717) is 4.47 Å². The molecule has 0 aliphatic carbocycles. The first-order valence-electron chi connectivity index (χ1n) is 5.54. The van der Waals surface area contributed by atoms with Crippen LogP contribution in [0.5, 0.6) is 11.6 Å². The number of anilines is 1. The van der Waals surface area contributed by atoms with Crippen molar-refractivity contribution in [3.63, 3.8) is 0 Å². The van der Waals surface area contributed by atoms with Crippen molar-refractivity contribution in [2.45, 2.75) is 13.1 Å². The zero-order valence-electron chi connectivity index (χ0n) is 10.3. The van der Waals surface area contributed by atoms with Gasteiger partial charge in [0, 0.05) is 11.9 Å². The maximum Gasteiger partial charge on any atom is 0.420 e. The zero-order chi connectivity index (χ0) is 14.9. The van der Waals surface area contributed by atoms with Crippen LogP contribution in [0.2, 0.25) is 0 Å². The number of halogens is 4. The molecule has 0 amide bonds. The Labute approximate surface area is 121 Å². The molecule has 0 radical (unpaired) electrons. The van der Waals surface area contributed by atoms with Crippen LogP contribution in [0.3, 0.4) is 0 Å². The van der Waals surface area contributed by atoms with E-state index >= 15 is 0 Å². The molecule has 1 aromatic carbocycles. The third-order valence-electron chi connectivity index (χ3n) is 2.46. The van der Waals surface area contributed by atoms with Crippen LogP contribution in [0, 0.1) is 6.92 Å². The molecular formula is C13H10BrF3N2O. The monoisotopic (exact) mass is 346 g/mol. The zero-order valence-corrected chi connectivity index (χ0v) is 11.9.